The SMILES string of the molecule is CCOC(=O)c1c(NC(=O)COC(=O)c2ccccc2Nc2ccccc2)sc2c1CCC2. The van der Waals surface area contributed by atoms with Gasteiger partial charge in [0.1, 0.15) is 5.00 Å². The van der Waals surface area contributed by atoms with Crippen molar-refractivity contribution < 1.29 is 23.9 Å². The monoisotopic (exact) mass is 464 g/mol. The van der Waals surface area contributed by atoms with E-state index in [9.17, 15) is 14.4 Å². The van der Waals surface area contributed by atoms with Crippen LogP contribution in [0.5, 0.6) is 0 Å². The zero-order chi connectivity index (χ0) is 23.2. The first kappa shape index (κ1) is 22.5. The van der Waals surface area contributed by atoms with Crippen molar-refractivity contribution in [2.75, 3.05) is 23.8 Å². The molecule has 1 aliphatic rings. The second-order valence-corrected chi connectivity index (χ2v) is 8.55. The Labute approximate surface area is 195 Å². The van der Waals surface area contributed by atoms with E-state index in [-0.39, 0.29) is 6.61 Å². The van der Waals surface area contributed by atoms with Crippen LogP contribution in [-0.4, -0.2) is 31.1 Å². The number of fused-ring (bicyclic) bond motifs is 1. The van der Waals surface area contributed by atoms with Gasteiger partial charge in [-0.05, 0) is 56.0 Å². The molecule has 0 radical (unpaired) electrons. The summed E-state index contributed by atoms with van der Waals surface area (Å²) < 4.78 is 10.4. The molecule has 0 fully saturated rings. The third-order valence-corrected chi connectivity index (χ3v) is 6.40. The van der Waals surface area contributed by atoms with Crippen molar-refractivity contribution in [3.05, 3.63) is 76.2 Å². The average Bonchev–Trinajstić information content (AvgIpc) is 3.39. The van der Waals surface area contributed by atoms with E-state index in [1.165, 1.54) is 11.3 Å². The van der Waals surface area contributed by atoms with Crippen LogP contribution in [0.25, 0.3) is 0 Å². The summed E-state index contributed by atoms with van der Waals surface area (Å²) in [7, 11) is 0. The summed E-state index contributed by atoms with van der Waals surface area (Å²) in [6.45, 7) is 1.53. The molecule has 0 atom stereocenters. The van der Waals surface area contributed by atoms with Crippen LogP contribution >= 0.6 is 11.3 Å². The normalized spacial score (nSPS) is 12.0. The molecule has 2 aromatic carbocycles. The third-order valence-electron chi connectivity index (χ3n) is 5.19. The van der Waals surface area contributed by atoms with E-state index in [4.69, 9.17) is 9.47 Å². The highest BCUT2D eigenvalue weighted by atomic mass is 32.1. The zero-order valence-corrected chi connectivity index (χ0v) is 19.0. The molecular weight excluding hydrogens is 440 g/mol. The number of carbonyl (C=O) groups excluding carboxylic acids is 3. The lowest BCUT2D eigenvalue weighted by Gasteiger charge is -2.12. The van der Waals surface area contributed by atoms with Gasteiger partial charge in [0.15, 0.2) is 6.61 Å². The van der Waals surface area contributed by atoms with Gasteiger partial charge in [0, 0.05) is 10.6 Å². The number of thiophene rings is 1. The van der Waals surface area contributed by atoms with Crippen molar-refractivity contribution in [3.8, 4) is 0 Å². The molecule has 0 aliphatic heterocycles. The average molecular weight is 465 g/mol. The zero-order valence-electron chi connectivity index (χ0n) is 18.2. The van der Waals surface area contributed by atoms with Crippen LogP contribution in [-0.2, 0) is 27.1 Å². The fourth-order valence-electron chi connectivity index (χ4n) is 3.73. The largest absolute Gasteiger partial charge is 0.462 e. The Balaban J connectivity index is 1.41. The van der Waals surface area contributed by atoms with Crippen molar-refractivity contribution in [2.45, 2.75) is 26.2 Å². The van der Waals surface area contributed by atoms with Crippen LogP contribution in [0.2, 0.25) is 0 Å². The topological polar surface area (TPSA) is 93.7 Å². The number of anilines is 3. The number of carbonyl (C=O) groups is 3. The Morgan fingerprint density at radius 2 is 1.70 bits per heavy atom. The van der Waals surface area contributed by atoms with Gasteiger partial charge in [0.2, 0.25) is 0 Å². The first-order valence-electron chi connectivity index (χ1n) is 10.8. The minimum Gasteiger partial charge on any atom is -0.462 e. The molecule has 8 heteroatoms. The predicted molar refractivity (Wildman–Crippen MR) is 127 cm³/mol. The van der Waals surface area contributed by atoms with Gasteiger partial charge in [-0.15, -0.1) is 11.3 Å². The van der Waals surface area contributed by atoms with Gasteiger partial charge in [-0.3, -0.25) is 4.79 Å². The number of amides is 1. The Morgan fingerprint density at radius 1 is 0.939 bits per heavy atom. The van der Waals surface area contributed by atoms with Gasteiger partial charge in [0.25, 0.3) is 5.91 Å². The number of hydrogen-bond acceptors (Lipinski definition) is 7. The molecule has 7 nitrogen and oxygen atoms in total. The molecule has 33 heavy (non-hydrogen) atoms. The Bertz CT molecular complexity index is 1170. The summed E-state index contributed by atoms with van der Waals surface area (Å²) in [6.07, 6.45) is 2.65. The maximum atomic E-state index is 12.7. The minimum atomic E-state index is -0.622. The molecule has 1 heterocycles. The van der Waals surface area contributed by atoms with E-state index in [2.05, 4.69) is 10.6 Å². The first-order valence-corrected chi connectivity index (χ1v) is 11.6. The Morgan fingerprint density at radius 3 is 2.48 bits per heavy atom. The molecule has 0 bridgehead atoms. The van der Waals surface area contributed by atoms with E-state index in [1.807, 2.05) is 36.4 Å². The molecule has 1 amide bonds. The number of para-hydroxylation sites is 2. The fourth-order valence-corrected chi connectivity index (χ4v) is 5.02. The highest BCUT2D eigenvalue weighted by Gasteiger charge is 2.28. The van der Waals surface area contributed by atoms with Crippen LogP contribution in [0.1, 0.15) is 44.5 Å². The molecule has 1 aromatic heterocycles. The summed E-state index contributed by atoms with van der Waals surface area (Å²) >= 11 is 1.38. The van der Waals surface area contributed by atoms with Crippen LogP contribution in [0.15, 0.2) is 54.6 Å². The van der Waals surface area contributed by atoms with Crippen molar-refractivity contribution in [1.29, 1.82) is 0 Å². The van der Waals surface area contributed by atoms with E-state index in [0.29, 0.717) is 21.8 Å². The first-order chi connectivity index (χ1) is 16.1. The van der Waals surface area contributed by atoms with Crippen molar-refractivity contribution in [3.63, 3.8) is 0 Å². The van der Waals surface area contributed by atoms with Crippen LogP contribution in [0, 0.1) is 0 Å². The van der Waals surface area contributed by atoms with E-state index in [1.54, 1.807) is 25.1 Å². The maximum absolute atomic E-state index is 12.7. The van der Waals surface area contributed by atoms with Gasteiger partial charge >= 0.3 is 11.9 Å². The molecule has 170 valence electrons. The van der Waals surface area contributed by atoms with Crippen LogP contribution in [0.4, 0.5) is 16.4 Å². The van der Waals surface area contributed by atoms with E-state index >= 15 is 0 Å². The highest BCUT2D eigenvalue weighted by Crippen LogP contribution is 2.39. The number of hydrogen-bond donors (Lipinski definition) is 2. The molecule has 0 saturated heterocycles. The highest BCUT2D eigenvalue weighted by molar-refractivity contribution is 7.17. The van der Waals surface area contributed by atoms with Gasteiger partial charge in [-0.1, -0.05) is 30.3 Å². The minimum absolute atomic E-state index is 0.255. The summed E-state index contributed by atoms with van der Waals surface area (Å²) in [5.41, 5.74) is 3.09. The van der Waals surface area contributed by atoms with Crippen molar-refractivity contribution >= 4 is 45.6 Å². The number of benzene rings is 2. The molecule has 1 aliphatic carbocycles. The molecule has 2 N–H and O–H groups in total. The van der Waals surface area contributed by atoms with E-state index in [0.717, 1.165) is 35.4 Å². The maximum Gasteiger partial charge on any atom is 0.341 e. The van der Waals surface area contributed by atoms with Crippen LogP contribution < -0.4 is 10.6 Å². The fraction of sp³-hybridized carbons (Fsp3) is 0.240. The van der Waals surface area contributed by atoms with Gasteiger partial charge in [-0.25, -0.2) is 9.59 Å². The number of esters is 2. The molecule has 0 spiro atoms. The Hall–Kier alpha value is -3.65. The molecule has 0 saturated carbocycles. The van der Waals surface area contributed by atoms with Gasteiger partial charge in [0.05, 0.1) is 23.4 Å². The molecule has 0 unspecified atom stereocenters. The van der Waals surface area contributed by atoms with Crippen LogP contribution in [0.3, 0.4) is 0 Å². The van der Waals surface area contributed by atoms with Crippen molar-refractivity contribution in [1.82, 2.24) is 0 Å². The van der Waals surface area contributed by atoms with Gasteiger partial charge in [-0.2, -0.15) is 0 Å². The summed E-state index contributed by atoms with van der Waals surface area (Å²) in [6, 6.07) is 16.4. The third kappa shape index (κ3) is 5.23. The summed E-state index contributed by atoms with van der Waals surface area (Å²) in [5.74, 6) is -1.57. The number of aryl methyl sites for hydroxylation is 1. The number of nitrogens with one attached hydrogen (secondary N) is 2. The lowest BCUT2D eigenvalue weighted by molar-refractivity contribution is -0.119. The lowest BCUT2D eigenvalue weighted by Crippen LogP contribution is -2.22. The second-order valence-electron chi connectivity index (χ2n) is 7.44. The summed E-state index contributed by atoms with van der Waals surface area (Å²) in [5, 5.41) is 6.36. The van der Waals surface area contributed by atoms with E-state index < -0.39 is 24.5 Å². The molecule has 3 aromatic rings. The standard InChI is InChI=1S/C25H24N2O5S/c1-2-31-25(30)22-18-12-8-14-20(18)33-23(22)27-21(28)15-32-24(29)17-11-6-7-13-19(17)26-16-9-4-3-5-10-16/h3-7,9-11,13,26H,2,8,12,14-15H2,1H3,(H,27,28). The number of ether oxygens (including phenoxy) is 2. The molecular formula is C25H24N2O5S. The quantitative estimate of drug-likeness (QED) is 0.458. The van der Waals surface area contributed by atoms with Crippen molar-refractivity contribution in [2.24, 2.45) is 0 Å². The lowest BCUT2D eigenvalue weighted by atomic mass is 10.1. The predicted octanol–water partition coefficient (Wildman–Crippen LogP) is 4.95. The summed E-state index contributed by atoms with van der Waals surface area (Å²) in [4.78, 5) is 38.7. The smallest absolute Gasteiger partial charge is 0.341 e. The molecule has 4 rings (SSSR count). The Kier molecular flexibility index (Phi) is 7.04. The second kappa shape index (κ2) is 10.3. The van der Waals surface area contributed by atoms with Gasteiger partial charge < -0.3 is 20.1 Å². The number of rotatable bonds is 8.